The van der Waals surface area contributed by atoms with Gasteiger partial charge in [-0.3, -0.25) is 4.79 Å². The Labute approximate surface area is 141 Å². The summed E-state index contributed by atoms with van der Waals surface area (Å²) in [6.07, 6.45) is 0. The lowest BCUT2D eigenvalue weighted by molar-refractivity contribution is 0.102. The van der Waals surface area contributed by atoms with Gasteiger partial charge in [-0.2, -0.15) is 0 Å². The average Bonchev–Trinajstić information content (AvgIpc) is 2.52. The molecule has 7 heteroatoms. The zero-order chi connectivity index (χ0) is 18.1. The second-order valence-electron chi connectivity index (χ2n) is 5.60. The maximum absolute atomic E-state index is 12.4. The number of aryl methyl sites for hydroxylation is 2. The number of sulfonamides is 1. The van der Waals surface area contributed by atoms with Crippen molar-refractivity contribution in [2.24, 2.45) is 0 Å². The molecule has 0 saturated carbocycles. The van der Waals surface area contributed by atoms with Crippen molar-refractivity contribution in [2.45, 2.75) is 25.7 Å². The van der Waals surface area contributed by atoms with E-state index in [2.05, 4.69) is 10.0 Å². The highest BCUT2D eigenvalue weighted by Gasteiger charge is 2.19. The third-order valence-corrected chi connectivity index (χ3v) is 5.38. The molecule has 24 heavy (non-hydrogen) atoms. The van der Waals surface area contributed by atoms with Crippen molar-refractivity contribution in [1.29, 1.82) is 0 Å². The standard InChI is InChI=1S/C17H20N2O4S/c1-10-5-6-14(15(20)7-10)19-17(21)13-8-11(2)12(3)16(9-13)24(22,23)18-4/h5-9,18,20H,1-4H3,(H,19,21). The summed E-state index contributed by atoms with van der Waals surface area (Å²) in [5, 5.41) is 12.5. The predicted molar refractivity (Wildman–Crippen MR) is 93.0 cm³/mol. The minimum Gasteiger partial charge on any atom is -0.506 e. The van der Waals surface area contributed by atoms with Crippen molar-refractivity contribution < 1.29 is 18.3 Å². The second kappa shape index (κ2) is 6.62. The molecule has 1 amide bonds. The van der Waals surface area contributed by atoms with Crippen LogP contribution in [-0.4, -0.2) is 26.5 Å². The van der Waals surface area contributed by atoms with Crippen molar-refractivity contribution in [3.05, 3.63) is 52.6 Å². The fourth-order valence-corrected chi connectivity index (χ4v) is 3.36. The molecule has 0 aliphatic heterocycles. The summed E-state index contributed by atoms with van der Waals surface area (Å²) >= 11 is 0. The number of phenolic OH excluding ortho intramolecular Hbond substituents is 1. The van der Waals surface area contributed by atoms with E-state index in [9.17, 15) is 18.3 Å². The summed E-state index contributed by atoms with van der Waals surface area (Å²) < 4.78 is 26.5. The van der Waals surface area contributed by atoms with E-state index in [1.807, 2.05) is 6.92 Å². The van der Waals surface area contributed by atoms with Gasteiger partial charge in [0.15, 0.2) is 0 Å². The molecular weight excluding hydrogens is 328 g/mol. The third-order valence-electron chi connectivity index (χ3n) is 3.84. The van der Waals surface area contributed by atoms with Crippen LogP contribution < -0.4 is 10.0 Å². The quantitative estimate of drug-likeness (QED) is 0.740. The molecule has 0 atom stereocenters. The maximum Gasteiger partial charge on any atom is 0.255 e. The first-order chi connectivity index (χ1) is 11.2. The Hall–Kier alpha value is -2.38. The van der Waals surface area contributed by atoms with Gasteiger partial charge in [-0.25, -0.2) is 13.1 Å². The number of benzene rings is 2. The number of carbonyl (C=O) groups is 1. The van der Waals surface area contributed by atoms with E-state index in [0.29, 0.717) is 11.1 Å². The molecule has 0 bridgehead atoms. The molecule has 6 nitrogen and oxygen atoms in total. The van der Waals surface area contributed by atoms with Crippen molar-refractivity contribution >= 4 is 21.6 Å². The number of hydrogen-bond acceptors (Lipinski definition) is 4. The number of carbonyl (C=O) groups excluding carboxylic acids is 1. The fourth-order valence-electron chi connectivity index (χ4n) is 2.29. The van der Waals surface area contributed by atoms with Crippen LogP contribution in [0.1, 0.15) is 27.0 Å². The van der Waals surface area contributed by atoms with E-state index in [1.54, 1.807) is 32.0 Å². The first-order valence-electron chi connectivity index (χ1n) is 7.31. The van der Waals surface area contributed by atoms with Crippen molar-refractivity contribution in [3.63, 3.8) is 0 Å². The maximum atomic E-state index is 12.4. The third kappa shape index (κ3) is 3.58. The molecule has 0 aliphatic rings. The topological polar surface area (TPSA) is 95.5 Å². The normalized spacial score (nSPS) is 11.3. The molecule has 0 spiro atoms. The van der Waals surface area contributed by atoms with Crippen LogP contribution in [0.4, 0.5) is 5.69 Å². The number of aromatic hydroxyl groups is 1. The molecule has 128 valence electrons. The van der Waals surface area contributed by atoms with Crippen molar-refractivity contribution in [2.75, 3.05) is 12.4 Å². The lowest BCUT2D eigenvalue weighted by Crippen LogP contribution is -2.21. The van der Waals surface area contributed by atoms with E-state index >= 15 is 0 Å². The van der Waals surface area contributed by atoms with Crippen LogP contribution in [0.5, 0.6) is 5.75 Å². The lowest BCUT2D eigenvalue weighted by Gasteiger charge is -2.13. The molecule has 0 aliphatic carbocycles. The molecule has 0 aromatic heterocycles. The SMILES string of the molecule is CNS(=O)(=O)c1cc(C(=O)Nc2ccc(C)cc2O)cc(C)c1C. The molecule has 3 N–H and O–H groups in total. The van der Waals surface area contributed by atoms with Crippen LogP contribution in [0.15, 0.2) is 35.2 Å². The zero-order valence-electron chi connectivity index (χ0n) is 14.0. The summed E-state index contributed by atoms with van der Waals surface area (Å²) in [6.45, 7) is 5.25. The Balaban J connectivity index is 2.43. The van der Waals surface area contributed by atoms with Gasteiger partial charge < -0.3 is 10.4 Å². The zero-order valence-corrected chi connectivity index (χ0v) is 14.8. The average molecular weight is 348 g/mol. The molecule has 0 heterocycles. The predicted octanol–water partition coefficient (Wildman–Crippen LogP) is 2.48. The van der Waals surface area contributed by atoms with Crippen LogP contribution in [0.3, 0.4) is 0 Å². The molecule has 0 unspecified atom stereocenters. The molecule has 0 fully saturated rings. The van der Waals surface area contributed by atoms with Gasteiger partial charge >= 0.3 is 0 Å². The van der Waals surface area contributed by atoms with E-state index < -0.39 is 15.9 Å². The van der Waals surface area contributed by atoms with Gasteiger partial charge in [-0.15, -0.1) is 0 Å². The molecular formula is C17H20N2O4S. The number of phenols is 1. The van der Waals surface area contributed by atoms with E-state index in [0.717, 1.165) is 5.56 Å². The summed E-state index contributed by atoms with van der Waals surface area (Å²) in [5.74, 6) is -0.542. The van der Waals surface area contributed by atoms with Gasteiger partial charge in [0.2, 0.25) is 10.0 Å². The van der Waals surface area contributed by atoms with Crippen LogP contribution in [0, 0.1) is 20.8 Å². The Morgan fingerprint density at radius 3 is 2.33 bits per heavy atom. The summed E-state index contributed by atoms with van der Waals surface area (Å²) in [7, 11) is -2.35. The smallest absolute Gasteiger partial charge is 0.255 e. The van der Waals surface area contributed by atoms with Gasteiger partial charge in [-0.1, -0.05) is 6.07 Å². The Morgan fingerprint density at radius 1 is 1.08 bits per heavy atom. The monoisotopic (exact) mass is 348 g/mol. The van der Waals surface area contributed by atoms with Gasteiger partial charge in [0, 0.05) is 5.56 Å². The fraction of sp³-hybridized carbons (Fsp3) is 0.235. The molecule has 2 aromatic carbocycles. The van der Waals surface area contributed by atoms with Crippen LogP contribution >= 0.6 is 0 Å². The molecule has 0 radical (unpaired) electrons. The highest BCUT2D eigenvalue weighted by Crippen LogP contribution is 2.26. The highest BCUT2D eigenvalue weighted by molar-refractivity contribution is 7.89. The summed E-state index contributed by atoms with van der Waals surface area (Å²) in [4.78, 5) is 12.5. The number of hydrogen-bond donors (Lipinski definition) is 3. The molecule has 2 aromatic rings. The van der Waals surface area contributed by atoms with E-state index in [1.165, 1.54) is 19.2 Å². The Bertz CT molecular complexity index is 905. The second-order valence-corrected chi connectivity index (χ2v) is 7.45. The number of nitrogens with one attached hydrogen (secondary N) is 2. The van der Waals surface area contributed by atoms with Gasteiger partial charge in [0.1, 0.15) is 5.75 Å². The largest absolute Gasteiger partial charge is 0.506 e. The van der Waals surface area contributed by atoms with Gasteiger partial charge in [0.05, 0.1) is 10.6 Å². The van der Waals surface area contributed by atoms with Crippen molar-refractivity contribution in [1.82, 2.24) is 4.72 Å². The van der Waals surface area contributed by atoms with Crippen molar-refractivity contribution in [3.8, 4) is 5.75 Å². The highest BCUT2D eigenvalue weighted by atomic mass is 32.2. The first kappa shape index (κ1) is 18.0. The van der Waals surface area contributed by atoms with Gasteiger partial charge in [-0.05, 0) is 68.8 Å². The number of anilines is 1. The van der Waals surface area contributed by atoms with Gasteiger partial charge in [0.25, 0.3) is 5.91 Å². The van der Waals surface area contributed by atoms with E-state index in [4.69, 9.17) is 0 Å². The first-order valence-corrected chi connectivity index (χ1v) is 8.80. The molecule has 0 saturated heterocycles. The Morgan fingerprint density at radius 2 is 1.75 bits per heavy atom. The van der Waals surface area contributed by atoms with Crippen LogP contribution in [0.25, 0.3) is 0 Å². The van der Waals surface area contributed by atoms with E-state index in [-0.39, 0.29) is 21.9 Å². The lowest BCUT2D eigenvalue weighted by atomic mass is 10.1. The minimum atomic E-state index is -3.67. The minimum absolute atomic E-state index is 0.0461. The summed E-state index contributed by atoms with van der Waals surface area (Å²) in [5.41, 5.74) is 2.59. The number of rotatable bonds is 4. The van der Waals surface area contributed by atoms with Crippen LogP contribution in [0.2, 0.25) is 0 Å². The van der Waals surface area contributed by atoms with Crippen LogP contribution in [-0.2, 0) is 10.0 Å². The molecule has 2 rings (SSSR count). The number of amides is 1. The Kier molecular flexibility index (Phi) is 4.96. The summed E-state index contributed by atoms with van der Waals surface area (Å²) in [6, 6.07) is 7.83.